The van der Waals surface area contributed by atoms with Crippen LogP contribution >= 0.6 is 11.8 Å². The summed E-state index contributed by atoms with van der Waals surface area (Å²) in [5.41, 5.74) is 0.391. The van der Waals surface area contributed by atoms with Crippen LogP contribution in [0.25, 0.3) is 0 Å². The number of phenols is 1. The van der Waals surface area contributed by atoms with Crippen molar-refractivity contribution in [1.82, 2.24) is 4.90 Å². The van der Waals surface area contributed by atoms with E-state index in [-0.39, 0.29) is 11.7 Å². The minimum Gasteiger partial charge on any atom is -0.507 e. The monoisotopic (exact) mass is 237 g/mol. The number of para-hydroxylation sites is 1. The molecule has 0 aliphatic carbocycles. The maximum atomic E-state index is 12.1. The minimum absolute atomic E-state index is 0.0602. The molecule has 1 aromatic rings. The maximum absolute atomic E-state index is 12.1. The zero-order chi connectivity index (χ0) is 11.5. The van der Waals surface area contributed by atoms with Gasteiger partial charge in [-0.25, -0.2) is 0 Å². The van der Waals surface area contributed by atoms with Gasteiger partial charge in [0, 0.05) is 18.8 Å². The number of carbonyl (C=O) groups excluding carboxylic acids is 1. The quantitative estimate of drug-likeness (QED) is 0.855. The van der Waals surface area contributed by atoms with Crippen molar-refractivity contribution in [2.75, 3.05) is 18.6 Å². The lowest BCUT2D eigenvalue weighted by Gasteiger charge is -2.24. The Balaban J connectivity index is 2.15. The number of rotatable bonds is 2. The Bertz CT molecular complexity index is 388. The number of aromatic hydroxyl groups is 1. The van der Waals surface area contributed by atoms with E-state index in [9.17, 15) is 9.90 Å². The molecule has 1 aromatic carbocycles. The highest BCUT2D eigenvalue weighted by Crippen LogP contribution is 2.24. The molecular weight excluding hydrogens is 222 g/mol. The van der Waals surface area contributed by atoms with Gasteiger partial charge in [0.05, 0.1) is 5.56 Å². The Kier molecular flexibility index (Phi) is 3.39. The van der Waals surface area contributed by atoms with Crippen LogP contribution in [0.15, 0.2) is 24.3 Å². The van der Waals surface area contributed by atoms with Crippen LogP contribution in [0.1, 0.15) is 16.8 Å². The summed E-state index contributed by atoms with van der Waals surface area (Å²) in [5.74, 6) is 2.08. The normalized spacial score (nSPS) is 19.7. The first-order valence-corrected chi connectivity index (χ1v) is 6.48. The van der Waals surface area contributed by atoms with Crippen LogP contribution in [0.2, 0.25) is 0 Å². The number of benzene rings is 1. The third-order valence-corrected chi connectivity index (χ3v) is 4.05. The average Bonchev–Trinajstić information content (AvgIpc) is 2.81. The van der Waals surface area contributed by atoms with Crippen LogP contribution in [0.5, 0.6) is 5.75 Å². The third kappa shape index (κ3) is 2.16. The van der Waals surface area contributed by atoms with Crippen LogP contribution in [-0.4, -0.2) is 40.5 Å². The summed E-state index contributed by atoms with van der Waals surface area (Å²) in [6, 6.07) is 7.00. The average molecular weight is 237 g/mol. The number of hydrogen-bond acceptors (Lipinski definition) is 3. The van der Waals surface area contributed by atoms with E-state index >= 15 is 0 Å². The van der Waals surface area contributed by atoms with Gasteiger partial charge < -0.3 is 10.0 Å². The highest BCUT2D eigenvalue weighted by atomic mass is 32.2. The fraction of sp³-hybridized carbons (Fsp3) is 0.417. The van der Waals surface area contributed by atoms with Gasteiger partial charge in [0.15, 0.2) is 0 Å². The molecule has 1 aliphatic heterocycles. The first-order valence-electron chi connectivity index (χ1n) is 5.33. The number of hydrogen-bond donors (Lipinski definition) is 1. The first kappa shape index (κ1) is 11.3. The molecule has 3 nitrogen and oxygen atoms in total. The summed E-state index contributed by atoms with van der Waals surface area (Å²) >= 11 is 1.87. The number of thioether (sulfide) groups is 1. The van der Waals surface area contributed by atoms with E-state index in [1.165, 1.54) is 0 Å². The predicted molar refractivity (Wildman–Crippen MR) is 65.9 cm³/mol. The van der Waals surface area contributed by atoms with Crippen molar-refractivity contribution in [3.05, 3.63) is 29.8 Å². The van der Waals surface area contributed by atoms with Gasteiger partial charge in [-0.2, -0.15) is 11.8 Å². The number of phenolic OH excluding ortho intramolecular Hbond substituents is 1. The van der Waals surface area contributed by atoms with Gasteiger partial charge >= 0.3 is 0 Å². The topological polar surface area (TPSA) is 40.5 Å². The minimum atomic E-state index is -0.0920. The maximum Gasteiger partial charge on any atom is 0.257 e. The van der Waals surface area contributed by atoms with Crippen LogP contribution < -0.4 is 0 Å². The molecule has 0 spiro atoms. The Labute approximate surface area is 99.5 Å². The molecule has 1 N–H and O–H groups in total. The van der Waals surface area contributed by atoms with Crippen LogP contribution in [-0.2, 0) is 0 Å². The smallest absolute Gasteiger partial charge is 0.257 e. The Morgan fingerprint density at radius 3 is 2.88 bits per heavy atom. The van der Waals surface area contributed by atoms with Crippen molar-refractivity contribution in [3.63, 3.8) is 0 Å². The van der Waals surface area contributed by atoms with Gasteiger partial charge in [-0.3, -0.25) is 4.79 Å². The van der Waals surface area contributed by atoms with Crippen LogP contribution in [0.4, 0.5) is 0 Å². The van der Waals surface area contributed by atoms with E-state index in [2.05, 4.69) is 0 Å². The molecule has 0 bridgehead atoms. The predicted octanol–water partition coefficient (Wildman–Crippen LogP) is 1.97. The van der Waals surface area contributed by atoms with Crippen LogP contribution in [0.3, 0.4) is 0 Å². The van der Waals surface area contributed by atoms with E-state index in [1.54, 1.807) is 29.2 Å². The molecular formula is C12H15NO2S. The molecule has 1 aliphatic rings. The van der Waals surface area contributed by atoms with Crippen molar-refractivity contribution in [1.29, 1.82) is 0 Å². The zero-order valence-electron chi connectivity index (χ0n) is 9.22. The lowest BCUT2D eigenvalue weighted by molar-refractivity contribution is 0.0745. The first-order chi connectivity index (χ1) is 7.70. The van der Waals surface area contributed by atoms with Crippen molar-refractivity contribution in [2.45, 2.75) is 12.5 Å². The Morgan fingerprint density at radius 2 is 2.25 bits per heavy atom. The lowest BCUT2D eigenvalue weighted by atomic mass is 10.1. The van der Waals surface area contributed by atoms with Gasteiger partial charge in [-0.1, -0.05) is 12.1 Å². The van der Waals surface area contributed by atoms with E-state index in [4.69, 9.17) is 0 Å². The second-order valence-electron chi connectivity index (χ2n) is 3.95. The largest absolute Gasteiger partial charge is 0.507 e. The van der Waals surface area contributed by atoms with Gasteiger partial charge in [-0.15, -0.1) is 0 Å². The summed E-state index contributed by atoms with van der Waals surface area (Å²) in [7, 11) is 1.81. The van der Waals surface area contributed by atoms with Crippen molar-refractivity contribution in [3.8, 4) is 5.75 Å². The molecule has 1 amide bonds. The molecule has 0 saturated carbocycles. The number of amides is 1. The molecule has 1 heterocycles. The molecule has 0 aromatic heterocycles. The zero-order valence-corrected chi connectivity index (χ0v) is 10.0. The molecule has 16 heavy (non-hydrogen) atoms. The molecule has 1 fully saturated rings. The van der Waals surface area contributed by atoms with Gasteiger partial charge in [0.1, 0.15) is 5.75 Å². The highest BCUT2D eigenvalue weighted by Gasteiger charge is 2.25. The fourth-order valence-corrected chi connectivity index (χ4v) is 3.11. The highest BCUT2D eigenvalue weighted by molar-refractivity contribution is 7.99. The Hall–Kier alpha value is -1.16. The van der Waals surface area contributed by atoms with Crippen molar-refractivity contribution < 1.29 is 9.90 Å². The fourth-order valence-electron chi connectivity index (χ4n) is 1.84. The molecule has 2 rings (SSSR count). The second kappa shape index (κ2) is 4.78. The second-order valence-corrected chi connectivity index (χ2v) is 5.10. The van der Waals surface area contributed by atoms with E-state index in [1.807, 2.05) is 18.8 Å². The summed E-state index contributed by atoms with van der Waals surface area (Å²) in [6.45, 7) is 0. The third-order valence-electron chi connectivity index (χ3n) is 2.91. The summed E-state index contributed by atoms with van der Waals surface area (Å²) < 4.78 is 0. The van der Waals surface area contributed by atoms with E-state index < -0.39 is 0 Å². The SMILES string of the molecule is CN(C(=O)c1ccccc1O)C1CCSC1. The molecule has 1 unspecified atom stereocenters. The van der Waals surface area contributed by atoms with Gasteiger partial charge in [0.2, 0.25) is 0 Å². The number of carbonyl (C=O) groups is 1. The molecule has 1 saturated heterocycles. The van der Waals surface area contributed by atoms with E-state index in [0.717, 1.165) is 17.9 Å². The lowest BCUT2D eigenvalue weighted by Crippen LogP contribution is -2.36. The molecule has 86 valence electrons. The van der Waals surface area contributed by atoms with Gasteiger partial charge in [0.25, 0.3) is 5.91 Å². The van der Waals surface area contributed by atoms with Gasteiger partial charge in [-0.05, 0) is 24.3 Å². The molecule has 1 atom stereocenters. The number of nitrogens with zero attached hydrogens (tertiary/aromatic N) is 1. The van der Waals surface area contributed by atoms with Crippen molar-refractivity contribution >= 4 is 17.7 Å². The van der Waals surface area contributed by atoms with E-state index in [0.29, 0.717) is 11.6 Å². The van der Waals surface area contributed by atoms with Crippen molar-refractivity contribution in [2.24, 2.45) is 0 Å². The summed E-state index contributed by atoms with van der Waals surface area (Å²) in [4.78, 5) is 13.9. The Morgan fingerprint density at radius 1 is 1.50 bits per heavy atom. The summed E-state index contributed by atoms with van der Waals surface area (Å²) in [6.07, 6.45) is 1.04. The standard InChI is InChI=1S/C12H15NO2S/c1-13(9-6-7-16-8-9)12(15)10-4-2-3-5-11(10)14/h2-5,9,14H,6-8H2,1H3. The van der Waals surface area contributed by atoms with Crippen LogP contribution in [0, 0.1) is 0 Å². The molecule has 4 heteroatoms. The summed E-state index contributed by atoms with van der Waals surface area (Å²) in [5, 5.41) is 9.62. The molecule has 0 radical (unpaired) electrons.